The molecule has 6 heteroatoms. The smallest absolute Gasteiger partial charge is 0.216 e. The van der Waals surface area contributed by atoms with E-state index in [1.807, 2.05) is 0 Å². The molecule has 3 aromatic rings. The summed E-state index contributed by atoms with van der Waals surface area (Å²) in [6, 6.07) is 8.22. The number of fused-ring (bicyclic) bond motifs is 1. The molecule has 1 N–H and O–H groups in total. The summed E-state index contributed by atoms with van der Waals surface area (Å²) < 4.78 is 16.6. The van der Waals surface area contributed by atoms with Crippen molar-refractivity contribution in [3.63, 3.8) is 0 Å². The molecule has 4 rings (SSSR count). The largest absolute Gasteiger partial charge is 0.504 e. The fourth-order valence-electron chi connectivity index (χ4n) is 2.91. The normalized spacial score (nSPS) is 12.3. The van der Waals surface area contributed by atoms with Gasteiger partial charge in [-0.05, 0) is 29.7 Å². The Labute approximate surface area is 137 Å². The Balaban J connectivity index is 2.12. The molecule has 1 aliphatic heterocycles. The molecule has 0 fully saturated rings. The predicted octanol–water partition coefficient (Wildman–Crippen LogP) is 3.29. The molecule has 0 aliphatic carbocycles. The van der Waals surface area contributed by atoms with Gasteiger partial charge in [0, 0.05) is 6.20 Å². The molecule has 0 saturated heterocycles. The van der Waals surface area contributed by atoms with Crippen molar-refractivity contribution in [2.24, 2.45) is 0 Å². The van der Waals surface area contributed by atoms with Gasteiger partial charge in [-0.15, -0.1) is 0 Å². The molecule has 2 heterocycles. The Kier molecular flexibility index (Phi) is 3.06. The lowest BCUT2D eigenvalue weighted by Gasteiger charge is -2.15. The van der Waals surface area contributed by atoms with Gasteiger partial charge in [0.1, 0.15) is 5.69 Å². The maximum absolute atomic E-state index is 13.0. The number of benzene rings is 2. The molecule has 1 aromatic heterocycles. The SMILES string of the molecule is COc1ccc2c(c1OC)Oc1c(O)ccc3ccnc(c13)C2=O. The molecule has 1 aliphatic rings. The molecule has 0 amide bonds. The van der Waals surface area contributed by atoms with Crippen molar-refractivity contribution >= 4 is 16.6 Å². The van der Waals surface area contributed by atoms with Crippen LogP contribution in [0.2, 0.25) is 0 Å². The summed E-state index contributed by atoms with van der Waals surface area (Å²) in [7, 11) is 2.96. The number of rotatable bonds is 2. The number of pyridine rings is 1. The van der Waals surface area contributed by atoms with Gasteiger partial charge in [0.15, 0.2) is 23.0 Å². The molecule has 2 aromatic carbocycles. The van der Waals surface area contributed by atoms with Crippen LogP contribution in [0.4, 0.5) is 0 Å². The summed E-state index contributed by atoms with van der Waals surface area (Å²) in [5.74, 6) is 0.697. The van der Waals surface area contributed by atoms with Crippen molar-refractivity contribution in [1.29, 1.82) is 0 Å². The van der Waals surface area contributed by atoms with Crippen LogP contribution in [0.1, 0.15) is 16.1 Å². The summed E-state index contributed by atoms with van der Waals surface area (Å²) in [5, 5.41) is 11.5. The van der Waals surface area contributed by atoms with Crippen LogP contribution in [0.25, 0.3) is 10.8 Å². The standard InChI is InChI=1S/C18H13NO5/c1-22-12-6-4-10-15(21)14-13-9(7-8-19-14)3-5-11(20)17(13)24-16(10)18(12)23-2/h3-8,20H,1-2H3. The molecular formula is C18H13NO5. The Hall–Kier alpha value is -3.28. The summed E-state index contributed by atoms with van der Waals surface area (Å²) >= 11 is 0. The van der Waals surface area contributed by atoms with Crippen LogP contribution in [0.15, 0.2) is 36.5 Å². The minimum atomic E-state index is -0.305. The fourth-order valence-corrected chi connectivity index (χ4v) is 2.91. The van der Waals surface area contributed by atoms with E-state index in [-0.39, 0.29) is 34.5 Å². The first-order valence-electron chi connectivity index (χ1n) is 7.24. The molecule has 6 nitrogen and oxygen atoms in total. The summed E-state index contributed by atoms with van der Waals surface area (Å²) in [6.45, 7) is 0. The Bertz CT molecular complexity index is 996. The van der Waals surface area contributed by atoms with Gasteiger partial charge >= 0.3 is 0 Å². The van der Waals surface area contributed by atoms with Crippen LogP contribution in [0.5, 0.6) is 28.7 Å². The van der Waals surface area contributed by atoms with Gasteiger partial charge < -0.3 is 19.3 Å². The van der Waals surface area contributed by atoms with Crippen LogP contribution in [0, 0.1) is 0 Å². The number of methoxy groups -OCH3 is 2. The monoisotopic (exact) mass is 323 g/mol. The van der Waals surface area contributed by atoms with Crippen LogP contribution >= 0.6 is 0 Å². The average Bonchev–Trinajstić information content (AvgIpc) is 2.74. The topological polar surface area (TPSA) is 77.9 Å². The summed E-state index contributed by atoms with van der Waals surface area (Å²) in [4.78, 5) is 17.2. The molecule has 0 bridgehead atoms. The van der Waals surface area contributed by atoms with E-state index in [1.54, 1.807) is 30.5 Å². The molecular weight excluding hydrogens is 310 g/mol. The van der Waals surface area contributed by atoms with Gasteiger partial charge in [0.25, 0.3) is 0 Å². The zero-order chi connectivity index (χ0) is 16.8. The first-order valence-corrected chi connectivity index (χ1v) is 7.24. The van der Waals surface area contributed by atoms with E-state index in [0.29, 0.717) is 16.7 Å². The number of hydrogen-bond donors (Lipinski definition) is 1. The van der Waals surface area contributed by atoms with Crippen LogP contribution in [0.3, 0.4) is 0 Å². The second-order valence-corrected chi connectivity index (χ2v) is 5.28. The number of aromatic nitrogens is 1. The van der Waals surface area contributed by atoms with Crippen LogP contribution in [-0.4, -0.2) is 30.1 Å². The number of phenolic OH excluding ortho intramolecular Hbond substituents is 1. The van der Waals surface area contributed by atoms with E-state index in [2.05, 4.69) is 4.98 Å². The predicted molar refractivity (Wildman–Crippen MR) is 86.5 cm³/mol. The highest BCUT2D eigenvalue weighted by Gasteiger charge is 2.30. The highest BCUT2D eigenvalue weighted by molar-refractivity contribution is 6.19. The number of ether oxygens (including phenoxy) is 3. The number of carbonyl (C=O) groups excluding carboxylic acids is 1. The lowest BCUT2D eigenvalue weighted by molar-refractivity contribution is 0.103. The van der Waals surface area contributed by atoms with Gasteiger partial charge in [-0.3, -0.25) is 9.78 Å². The zero-order valence-electron chi connectivity index (χ0n) is 13.0. The Morgan fingerprint density at radius 1 is 1.04 bits per heavy atom. The van der Waals surface area contributed by atoms with Crippen molar-refractivity contribution in [3.05, 3.63) is 47.8 Å². The minimum Gasteiger partial charge on any atom is -0.504 e. The molecule has 120 valence electrons. The molecule has 0 saturated carbocycles. The van der Waals surface area contributed by atoms with E-state index in [1.165, 1.54) is 20.3 Å². The fraction of sp³-hybridized carbons (Fsp3) is 0.111. The number of nitrogens with zero attached hydrogens (tertiary/aromatic N) is 1. The molecule has 0 unspecified atom stereocenters. The maximum atomic E-state index is 13.0. The number of phenols is 1. The zero-order valence-corrected chi connectivity index (χ0v) is 13.0. The second-order valence-electron chi connectivity index (χ2n) is 5.28. The number of carbonyl (C=O) groups is 1. The number of aromatic hydroxyl groups is 1. The average molecular weight is 323 g/mol. The minimum absolute atomic E-state index is 0.0812. The number of ketones is 1. The number of hydrogen-bond acceptors (Lipinski definition) is 6. The lowest BCUT2D eigenvalue weighted by atomic mass is 10.0. The van der Waals surface area contributed by atoms with Crippen molar-refractivity contribution in [2.75, 3.05) is 14.2 Å². The molecule has 0 atom stereocenters. The van der Waals surface area contributed by atoms with Gasteiger partial charge in [-0.2, -0.15) is 0 Å². The van der Waals surface area contributed by atoms with E-state index >= 15 is 0 Å². The van der Waals surface area contributed by atoms with Crippen molar-refractivity contribution < 1.29 is 24.1 Å². The van der Waals surface area contributed by atoms with E-state index in [0.717, 1.165) is 5.39 Å². The van der Waals surface area contributed by atoms with Crippen molar-refractivity contribution in [1.82, 2.24) is 4.98 Å². The van der Waals surface area contributed by atoms with Gasteiger partial charge in [0.05, 0.1) is 25.2 Å². The van der Waals surface area contributed by atoms with E-state index < -0.39 is 0 Å². The summed E-state index contributed by atoms with van der Waals surface area (Å²) in [6.07, 6.45) is 1.56. The maximum Gasteiger partial charge on any atom is 0.216 e. The third kappa shape index (κ3) is 1.83. The van der Waals surface area contributed by atoms with Crippen molar-refractivity contribution in [3.8, 4) is 28.7 Å². The molecule has 24 heavy (non-hydrogen) atoms. The van der Waals surface area contributed by atoms with Gasteiger partial charge in [0.2, 0.25) is 11.5 Å². The first kappa shape index (κ1) is 14.3. The second kappa shape index (κ2) is 5.13. The van der Waals surface area contributed by atoms with E-state index in [4.69, 9.17) is 14.2 Å². The Morgan fingerprint density at radius 2 is 1.88 bits per heavy atom. The van der Waals surface area contributed by atoms with Crippen LogP contribution < -0.4 is 14.2 Å². The van der Waals surface area contributed by atoms with Gasteiger partial charge in [-0.25, -0.2) is 0 Å². The molecule has 0 radical (unpaired) electrons. The third-order valence-electron chi connectivity index (χ3n) is 4.03. The quantitative estimate of drug-likeness (QED) is 0.610. The highest BCUT2D eigenvalue weighted by Crippen LogP contribution is 2.49. The molecule has 0 spiro atoms. The van der Waals surface area contributed by atoms with Crippen LogP contribution in [-0.2, 0) is 0 Å². The van der Waals surface area contributed by atoms with E-state index in [9.17, 15) is 9.90 Å². The summed E-state index contributed by atoms with van der Waals surface area (Å²) in [5.41, 5.74) is 0.521. The Morgan fingerprint density at radius 3 is 2.62 bits per heavy atom. The highest BCUT2D eigenvalue weighted by atomic mass is 16.5. The third-order valence-corrected chi connectivity index (χ3v) is 4.03. The lowest BCUT2D eigenvalue weighted by Crippen LogP contribution is -2.05. The van der Waals surface area contributed by atoms with Gasteiger partial charge in [-0.1, -0.05) is 6.07 Å². The first-order chi connectivity index (χ1) is 11.7. The van der Waals surface area contributed by atoms with Crippen molar-refractivity contribution in [2.45, 2.75) is 0 Å².